The Labute approximate surface area is 123 Å². The van der Waals surface area contributed by atoms with Crippen molar-refractivity contribution in [1.29, 1.82) is 0 Å². The summed E-state index contributed by atoms with van der Waals surface area (Å²) in [6.07, 6.45) is 0.294. The predicted octanol–water partition coefficient (Wildman–Crippen LogP) is 2.49. The number of hydrogen-bond donors (Lipinski definition) is 1. The van der Waals surface area contributed by atoms with E-state index in [2.05, 4.69) is 5.32 Å². The Morgan fingerprint density at radius 3 is 2.86 bits per heavy atom. The molecular weight excluding hydrogens is 266 g/mol. The number of methoxy groups -OCH3 is 1. The van der Waals surface area contributed by atoms with Crippen molar-refractivity contribution in [3.8, 4) is 11.5 Å². The molecular formula is C17H17NO3. The molecule has 1 unspecified atom stereocenters. The summed E-state index contributed by atoms with van der Waals surface area (Å²) in [5.74, 6) is 1.54. The third-order valence-corrected chi connectivity index (χ3v) is 3.58. The number of benzene rings is 2. The summed E-state index contributed by atoms with van der Waals surface area (Å²) < 4.78 is 10.8. The summed E-state index contributed by atoms with van der Waals surface area (Å²) in [7, 11) is 1.61. The van der Waals surface area contributed by atoms with Gasteiger partial charge in [-0.25, -0.2) is 0 Å². The number of amides is 1. The van der Waals surface area contributed by atoms with Crippen molar-refractivity contribution in [3.63, 3.8) is 0 Å². The summed E-state index contributed by atoms with van der Waals surface area (Å²) in [5, 5.41) is 3.02. The lowest BCUT2D eigenvalue weighted by atomic mass is 10.1. The van der Waals surface area contributed by atoms with Gasteiger partial charge in [0.15, 0.2) is 0 Å². The molecule has 1 amide bonds. The fourth-order valence-electron chi connectivity index (χ4n) is 2.55. The molecule has 0 radical (unpaired) electrons. The lowest BCUT2D eigenvalue weighted by Gasteiger charge is -2.13. The monoisotopic (exact) mass is 283 g/mol. The van der Waals surface area contributed by atoms with E-state index in [9.17, 15) is 4.79 Å². The second-order valence-electron chi connectivity index (χ2n) is 4.96. The number of rotatable bonds is 4. The third-order valence-electron chi connectivity index (χ3n) is 3.58. The van der Waals surface area contributed by atoms with Crippen molar-refractivity contribution < 1.29 is 14.3 Å². The van der Waals surface area contributed by atoms with Crippen LogP contribution in [-0.2, 0) is 11.2 Å². The Balaban J connectivity index is 1.68. The van der Waals surface area contributed by atoms with Crippen molar-refractivity contribution >= 4 is 5.91 Å². The molecule has 4 heteroatoms. The van der Waals surface area contributed by atoms with Crippen LogP contribution in [0, 0.1) is 0 Å². The third kappa shape index (κ3) is 2.84. The molecule has 0 aromatic heterocycles. The van der Waals surface area contributed by atoms with Crippen LogP contribution >= 0.6 is 0 Å². The van der Waals surface area contributed by atoms with E-state index in [0.29, 0.717) is 13.0 Å². The summed E-state index contributed by atoms with van der Waals surface area (Å²) >= 11 is 0. The van der Waals surface area contributed by atoms with Crippen LogP contribution in [0.5, 0.6) is 11.5 Å². The molecule has 1 aliphatic heterocycles. The van der Waals surface area contributed by atoms with Gasteiger partial charge in [0.25, 0.3) is 0 Å². The molecule has 4 nitrogen and oxygen atoms in total. The van der Waals surface area contributed by atoms with E-state index in [-0.39, 0.29) is 11.9 Å². The van der Waals surface area contributed by atoms with E-state index in [1.807, 2.05) is 48.5 Å². The normalized spacial score (nSPS) is 16.0. The molecule has 21 heavy (non-hydrogen) atoms. The van der Waals surface area contributed by atoms with E-state index in [1.54, 1.807) is 7.11 Å². The maximum absolute atomic E-state index is 12.2. The second kappa shape index (κ2) is 5.87. The van der Waals surface area contributed by atoms with Crippen molar-refractivity contribution in [2.45, 2.75) is 12.5 Å². The van der Waals surface area contributed by atoms with E-state index in [0.717, 1.165) is 22.6 Å². The van der Waals surface area contributed by atoms with Crippen molar-refractivity contribution in [1.82, 2.24) is 5.32 Å². The van der Waals surface area contributed by atoms with Gasteiger partial charge in [0.1, 0.15) is 18.1 Å². The van der Waals surface area contributed by atoms with E-state index in [4.69, 9.17) is 9.47 Å². The Hall–Kier alpha value is -2.49. The van der Waals surface area contributed by atoms with Crippen molar-refractivity contribution in [2.75, 3.05) is 13.7 Å². The lowest BCUT2D eigenvalue weighted by Crippen LogP contribution is -2.30. The van der Waals surface area contributed by atoms with Crippen molar-refractivity contribution in [3.05, 3.63) is 59.7 Å². The minimum absolute atomic E-state index is 0.0372. The number of carbonyl (C=O) groups excluding carboxylic acids is 1. The average Bonchev–Trinajstić information content (AvgIpc) is 2.91. The SMILES string of the molecule is COc1ccccc1CC(=O)NC1COc2ccccc21. The van der Waals surface area contributed by atoms with E-state index >= 15 is 0 Å². The summed E-state index contributed by atoms with van der Waals surface area (Å²) in [5.41, 5.74) is 1.91. The fourth-order valence-corrected chi connectivity index (χ4v) is 2.55. The predicted molar refractivity (Wildman–Crippen MR) is 79.5 cm³/mol. The minimum Gasteiger partial charge on any atom is -0.496 e. The summed E-state index contributed by atoms with van der Waals surface area (Å²) in [6.45, 7) is 0.483. The van der Waals surface area contributed by atoms with Crippen LogP contribution in [0.15, 0.2) is 48.5 Å². The molecule has 0 spiro atoms. The molecule has 0 saturated carbocycles. The van der Waals surface area contributed by atoms with Crippen molar-refractivity contribution in [2.24, 2.45) is 0 Å². The van der Waals surface area contributed by atoms with Gasteiger partial charge < -0.3 is 14.8 Å². The molecule has 3 rings (SSSR count). The molecule has 108 valence electrons. The molecule has 1 atom stereocenters. The van der Waals surface area contributed by atoms with Gasteiger partial charge in [0.05, 0.1) is 19.6 Å². The van der Waals surface area contributed by atoms with Gasteiger partial charge in [0.2, 0.25) is 5.91 Å². The zero-order valence-electron chi connectivity index (χ0n) is 11.8. The van der Waals surface area contributed by atoms with Crippen LogP contribution in [0.3, 0.4) is 0 Å². The Morgan fingerprint density at radius 1 is 1.24 bits per heavy atom. The van der Waals surface area contributed by atoms with E-state index < -0.39 is 0 Å². The maximum atomic E-state index is 12.2. The minimum atomic E-state index is -0.0802. The largest absolute Gasteiger partial charge is 0.496 e. The van der Waals surface area contributed by atoms with Crippen LogP contribution in [0.1, 0.15) is 17.2 Å². The highest BCUT2D eigenvalue weighted by molar-refractivity contribution is 5.80. The molecule has 0 saturated heterocycles. The first kappa shape index (κ1) is 13.5. The van der Waals surface area contributed by atoms with Crippen LogP contribution in [0.2, 0.25) is 0 Å². The summed E-state index contributed by atoms with van der Waals surface area (Å²) in [6, 6.07) is 15.3. The topological polar surface area (TPSA) is 47.6 Å². The Morgan fingerprint density at radius 2 is 2.00 bits per heavy atom. The number of carbonyl (C=O) groups is 1. The molecule has 2 aromatic rings. The van der Waals surface area contributed by atoms with Gasteiger partial charge in [-0.05, 0) is 12.1 Å². The molecule has 0 fully saturated rings. The van der Waals surface area contributed by atoms with Crippen LogP contribution in [0.25, 0.3) is 0 Å². The van der Waals surface area contributed by atoms with Gasteiger partial charge in [-0.3, -0.25) is 4.79 Å². The lowest BCUT2D eigenvalue weighted by molar-refractivity contribution is -0.121. The highest BCUT2D eigenvalue weighted by atomic mass is 16.5. The van der Waals surface area contributed by atoms with Gasteiger partial charge in [-0.15, -0.1) is 0 Å². The standard InChI is InChI=1S/C17H17NO3/c1-20-15-8-4-2-6-12(15)10-17(19)18-14-11-21-16-9-5-3-7-13(14)16/h2-9,14H,10-11H2,1H3,(H,18,19). The van der Waals surface area contributed by atoms with Crippen LogP contribution in [-0.4, -0.2) is 19.6 Å². The summed E-state index contributed by atoms with van der Waals surface area (Å²) in [4.78, 5) is 12.2. The fraction of sp³-hybridized carbons (Fsp3) is 0.235. The smallest absolute Gasteiger partial charge is 0.225 e. The first-order valence-corrected chi connectivity index (χ1v) is 6.91. The molecule has 2 aromatic carbocycles. The molecule has 1 heterocycles. The molecule has 1 N–H and O–H groups in total. The first-order valence-electron chi connectivity index (χ1n) is 6.91. The van der Waals surface area contributed by atoms with E-state index in [1.165, 1.54) is 0 Å². The number of fused-ring (bicyclic) bond motifs is 1. The molecule has 1 aliphatic rings. The Bertz CT molecular complexity index is 654. The second-order valence-corrected chi connectivity index (χ2v) is 4.96. The Kier molecular flexibility index (Phi) is 3.77. The quantitative estimate of drug-likeness (QED) is 0.937. The highest BCUT2D eigenvalue weighted by Crippen LogP contribution is 2.31. The average molecular weight is 283 g/mol. The zero-order valence-corrected chi connectivity index (χ0v) is 11.8. The van der Waals surface area contributed by atoms with Crippen LogP contribution in [0.4, 0.5) is 0 Å². The molecule has 0 bridgehead atoms. The van der Waals surface area contributed by atoms with Crippen LogP contribution < -0.4 is 14.8 Å². The van der Waals surface area contributed by atoms with Gasteiger partial charge >= 0.3 is 0 Å². The maximum Gasteiger partial charge on any atom is 0.225 e. The number of ether oxygens (including phenoxy) is 2. The zero-order chi connectivity index (χ0) is 14.7. The highest BCUT2D eigenvalue weighted by Gasteiger charge is 2.25. The number of hydrogen-bond acceptors (Lipinski definition) is 3. The van der Waals surface area contributed by atoms with Gasteiger partial charge in [0, 0.05) is 11.1 Å². The van der Waals surface area contributed by atoms with Gasteiger partial charge in [-0.2, -0.15) is 0 Å². The molecule has 0 aliphatic carbocycles. The number of nitrogens with one attached hydrogen (secondary N) is 1. The van der Waals surface area contributed by atoms with Gasteiger partial charge in [-0.1, -0.05) is 36.4 Å². The first-order chi connectivity index (χ1) is 10.3. The number of para-hydroxylation sites is 2.